The van der Waals surface area contributed by atoms with Crippen LogP contribution in [0.15, 0.2) is 12.4 Å². The van der Waals surface area contributed by atoms with Crippen LogP contribution in [0, 0.1) is 0 Å². The molecule has 1 aromatic heterocycles. The predicted molar refractivity (Wildman–Crippen MR) is 84.1 cm³/mol. The summed E-state index contributed by atoms with van der Waals surface area (Å²) in [7, 11) is 4.21. The minimum absolute atomic E-state index is 0.101. The molecule has 118 valence electrons. The minimum atomic E-state index is 0.101. The summed E-state index contributed by atoms with van der Waals surface area (Å²) in [6.07, 6.45) is 7.43. The largest absolute Gasteiger partial charge is 0.370 e. The first kappa shape index (κ1) is 16.3. The fourth-order valence-corrected chi connectivity index (χ4v) is 2.51. The number of nitrogens with zero attached hydrogens (tertiary/aromatic N) is 4. The van der Waals surface area contributed by atoms with Crippen molar-refractivity contribution in [2.45, 2.75) is 38.8 Å². The van der Waals surface area contributed by atoms with Gasteiger partial charge in [-0.15, -0.1) is 0 Å². The molecular formula is C16H28N4O. The molecule has 1 aromatic rings. The molecule has 2 rings (SSSR count). The second kappa shape index (κ2) is 8.41. The van der Waals surface area contributed by atoms with Crippen molar-refractivity contribution in [1.29, 1.82) is 0 Å². The third kappa shape index (κ3) is 5.34. The van der Waals surface area contributed by atoms with E-state index in [4.69, 9.17) is 4.74 Å². The van der Waals surface area contributed by atoms with Crippen LogP contribution in [-0.4, -0.2) is 60.1 Å². The Bertz CT molecular complexity index is 401. The van der Waals surface area contributed by atoms with E-state index in [2.05, 4.69) is 40.8 Å². The van der Waals surface area contributed by atoms with Gasteiger partial charge in [0.15, 0.2) is 5.82 Å². The zero-order valence-corrected chi connectivity index (χ0v) is 13.6. The predicted octanol–water partition coefficient (Wildman–Crippen LogP) is 2.10. The summed E-state index contributed by atoms with van der Waals surface area (Å²) >= 11 is 0. The van der Waals surface area contributed by atoms with Gasteiger partial charge in [-0.25, -0.2) is 9.97 Å². The second-order valence-corrected chi connectivity index (χ2v) is 5.98. The summed E-state index contributed by atoms with van der Waals surface area (Å²) in [5, 5.41) is 0. The van der Waals surface area contributed by atoms with Gasteiger partial charge in [-0.3, -0.25) is 4.90 Å². The van der Waals surface area contributed by atoms with E-state index in [1.165, 1.54) is 12.0 Å². The van der Waals surface area contributed by atoms with Gasteiger partial charge in [0.25, 0.3) is 0 Å². The molecule has 0 N–H and O–H groups in total. The highest BCUT2D eigenvalue weighted by molar-refractivity contribution is 5.06. The van der Waals surface area contributed by atoms with Gasteiger partial charge in [0.2, 0.25) is 0 Å². The normalized spacial score (nSPS) is 19.4. The van der Waals surface area contributed by atoms with E-state index in [-0.39, 0.29) is 6.10 Å². The number of ether oxygens (including phenoxy) is 1. The minimum Gasteiger partial charge on any atom is -0.370 e. The van der Waals surface area contributed by atoms with Crippen molar-refractivity contribution in [3.8, 4) is 0 Å². The molecule has 0 aromatic carbocycles. The molecule has 5 nitrogen and oxygen atoms in total. The van der Waals surface area contributed by atoms with E-state index in [0.29, 0.717) is 0 Å². The SMILES string of the molecule is CCN(CCN(C)C)Cc1cnc(C2CCCCO2)nc1. The molecular weight excluding hydrogens is 264 g/mol. The molecule has 1 fully saturated rings. The summed E-state index contributed by atoms with van der Waals surface area (Å²) in [5.41, 5.74) is 1.18. The maximum Gasteiger partial charge on any atom is 0.157 e. The highest BCUT2D eigenvalue weighted by Crippen LogP contribution is 2.24. The summed E-state index contributed by atoms with van der Waals surface area (Å²) in [6, 6.07) is 0. The summed E-state index contributed by atoms with van der Waals surface area (Å²) in [4.78, 5) is 13.6. The molecule has 0 aliphatic carbocycles. The molecule has 1 aliphatic rings. The lowest BCUT2D eigenvalue weighted by molar-refractivity contribution is 0.00938. The van der Waals surface area contributed by atoms with Gasteiger partial charge in [-0.2, -0.15) is 0 Å². The van der Waals surface area contributed by atoms with E-state index < -0.39 is 0 Å². The van der Waals surface area contributed by atoms with Crippen LogP contribution in [0.3, 0.4) is 0 Å². The first-order chi connectivity index (χ1) is 10.2. The topological polar surface area (TPSA) is 41.5 Å². The van der Waals surface area contributed by atoms with E-state index in [9.17, 15) is 0 Å². The van der Waals surface area contributed by atoms with Crippen LogP contribution < -0.4 is 0 Å². The number of aromatic nitrogens is 2. The van der Waals surface area contributed by atoms with Crippen LogP contribution in [0.4, 0.5) is 0 Å². The molecule has 0 saturated carbocycles. The van der Waals surface area contributed by atoms with Crippen LogP contribution in [-0.2, 0) is 11.3 Å². The lowest BCUT2D eigenvalue weighted by Crippen LogP contribution is -2.31. The highest BCUT2D eigenvalue weighted by atomic mass is 16.5. The lowest BCUT2D eigenvalue weighted by atomic mass is 10.1. The van der Waals surface area contributed by atoms with Crippen LogP contribution in [0.5, 0.6) is 0 Å². The van der Waals surface area contributed by atoms with Crippen molar-refractivity contribution < 1.29 is 4.74 Å². The molecule has 5 heteroatoms. The first-order valence-electron chi connectivity index (χ1n) is 7.98. The van der Waals surface area contributed by atoms with Crippen molar-refractivity contribution in [1.82, 2.24) is 19.8 Å². The monoisotopic (exact) mass is 292 g/mol. The lowest BCUT2D eigenvalue weighted by Gasteiger charge is -2.23. The molecule has 1 atom stereocenters. The first-order valence-corrected chi connectivity index (χ1v) is 7.98. The smallest absolute Gasteiger partial charge is 0.157 e. The Hall–Kier alpha value is -1.04. The molecule has 0 spiro atoms. The van der Waals surface area contributed by atoms with Gasteiger partial charge in [0.05, 0.1) is 0 Å². The van der Waals surface area contributed by atoms with Crippen molar-refractivity contribution in [2.75, 3.05) is 40.3 Å². The van der Waals surface area contributed by atoms with Gasteiger partial charge in [0, 0.05) is 44.2 Å². The van der Waals surface area contributed by atoms with Crippen LogP contribution in [0.1, 0.15) is 43.7 Å². The van der Waals surface area contributed by atoms with Gasteiger partial charge in [0.1, 0.15) is 6.10 Å². The Morgan fingerprint density at radius 3 is 2.52 bits per heavy atom. The molecule has 2 heterocycles. The Morgan fingerprint density at radius 1 is 1.19 bits per heavy atom. The van der Waals surface area contributed by atoms with Gasteiger partial charge in [-0.1, -0.05) is 6.92 Å². The Labute approximate surface area is 128 Å². The Balaban J connectivity index is 1.88. The zero-order chi connectivity index (χ0) is 15.1. The van der Waals surface area contributed by atoms with Crippen molar-refractivity contribution in [3.63, 3.8) is 0 Å². The Kier molecular flexibility index (Phi) is 6.54. The van der Waals surface area contributed by atoms with Crippen LogP contribution in [0.25, 0.3) is 0 Å². The van der Waals surface area contributed by atoms with Gasteiger partial charge in [-0.05, 0) is 39.9 Å². The van der Waals surface area contributed by atoms with E-state index in [1.54, 1.807) is 0 Å². The molecule has 1 unspecified atom stereocenters. The molecule has 0 bridgehead atoms. The molecule has 0 radical (unpaired) electrons. The average Bonchev–Trinajstić information content (AvgIpc) is 2.52. The third-order valence-corrected chi connectivity index (χ3v) is 3.91. The number of rotatable bonds is 7. The molecule has 1 aliphatic heterocycles. The number of hydrogen-bond acceptors (Lipinski definition) is 5. The standard InChI is InChI=1S/C16H28N4O/c1-4-20(9-8-19(2)3)13-14-11-17-16(18-12-14)15-7-5-6-10-21-15/h11-12,15H,4-10,13H2,1-3H3. The number of hydrogen-bond donors (Lipinski definition) is 0. The highest BCUT2D eigenvalue weighted by Gasteiger charge is 2.18. The summed E-state index contributed by atoms with van der Waals surface area (Å²) in [5.74, 6) is 0.842. The average molecular weight is 292 g/mol. The van der Waals surface area contributed by atoms with Crippen molar-refractivity contribution >= 4 is 0 Å². The van der Waals surface area contributed by atoms with Gasteiger partial charge >= 0.3 is 0 Å². The third-order valence-electron chi connectivity index (χ3n) is 3.91. The van der Waals surface area contributed by atoms with Crippen LogP contribution in [0.2, 0.25) is 0 Å². The van der Waals surface area contributed by atoms with Crippen molar-refractivity contribution in [3.05, 3.63) is 23.8 Å². The molecule has 1 saturated heterocycles. The fourth-order valence-electron chi connectivity index (χ4n) is 2.51. The van der Waals surface area contributed by atoms with E-state index >= 15 is 0 Å². The molecule has 0 amide bonds. The second-order valence-electron chi connectivity index (χ2n) is 5.98. The maximum atomic E-state index is 5.73. The van der Waals surface area contributed by atoms with Crippen molar-refractivity contribution in [2.24, 2.45) is 0 Å². The van der Waals surface area contributed by atoms with Gasteiger partial charge < -0.3 is 9.64 Å². The quantitative estimate of drug-likeness (QED) is 0.770. The summed E-state index contributed by atoms with van der Waals surface area (Å²) in [6.45, 7) is 7.13. The zero-order valence-electron chi connectivity index (χ0n) is 13.6. The maximum absolute atomic E-state index is 5.73. The summed E-state index contributed by atoms with van der Waals surface area (Å²) < 4.78 is 5.73. The Morgan fingerprint density at radius 2 is 1.95 bits per heavy atom. The molecule has 21 heavy (non-hydrogen) atoms. The van der Waals surface area contributed by atoms with E-state index in [0.717, 1.165) is 51.5 Å². The van der Waals surface area contributed by atoms with Crippen LogP contribution >= 0.6 is 0 Å². The van der Waals surface area contributed by atoms with E-state index in [1.807, 2.05) is 12.4 Å². The number of likely N-dealkylation sites (N-methyl/N-ethyl adjacent to an activating group) is 2. The fraction of sp³-hybridized carbons (Fsp3) is 0.750.